The van der Waals surface area contributed by atoms with E-state index in [1.165, 1.54) is 5.56 Å². The van der Waals surface area contributed by atoms with Gasteiger partial charge in [-0.1, -0.05) is 50.1 Å². The van der Waals surface area contributed by atoms with Crippen LogP contribution in [0.15, 0.2) is 30.3 Å². The summed E-state index contributed by atoms with van der Waals surface area (Å²) in [6.07, 6.45) is 6.62. The van der Waals surface area contributed by atoms with E-state index in [9.17, 15) is 0 Å². The van der Waals surface area contributed by atoms with Crippen molar-refractivity contribution < 1.29 is 0 Å². The predicted octanol–water partition coefficient (Wildman–Crippen LogP) is 2.79. The first-order valence-corrected chi connectivity index (χ1v) is 5.57. The molecule has 2 atom stereocenters. The Balaban J connectivity index is 2.83. The minimum absolute atomic E-state index is 0.141. The molecule has 0 fully saturated rings. The van der Waals surface area contributed by atoms with Gasteiger partial charge in [0.15, 0.2) is 0 Å². The van der Waals surface area contributed by atoms with Crippen molar-refractivity contribution in [3.8, 4) is 12.3 Å². The van der Waals surface area contributed by atoms with Crippen molar-refractivity contribution in [2.24, 2.45) is 0 Å². The molecule has 0 heterocycles. The molecule has 2 unspecified atom stereocenters. The van der Waals surface area contributed by atoms with Crippen LogP contribution in [0.2, 0.25) is 0 Å². The maximum absolute atomic E-state index is 5.56. The van der Waals surface area contributed by atoms with Crippen LogP contribution in [0.25, 0.3) is 0 Å². The molecule has 1 N–H and O–H groups in total. The molecule has 1 nitrogen and oxygen atoms in total. The summed E-state index contributed by atoms with van der Waals surface area (Å²) in [4.78, 5) is 0. The Labute approximate surface area is 92.9 Å². The average Bonchev–Trinajstić information content (AvgIpc) is 2.30. The third-order valence-corrected chi connectivity index (χ3v) is 2.67. The Kier molecular flexibility index (Phi) is 4.93. The van der Waals surface area contributed by atoms with Gasteiger partial charge in [-0.05, 0) is 18.5 Å². The Morgan fingerprint density at radius 2 is 1.93 bits per heavy atom. The summed E-state index contributed by atoms with van der Waals surface area (Å²) in [5, 5.41) is 3.35. The molecular weight excluding hydrogens is 182 g/mol. The Bertz CT molecular complexity index is 310. The largest absolute Gasteiger partial charge is 0.303 e. The number of hydrogen-bond donors (Lipinski definition) is 1. The van der Waals surface area contributed by atoms with Gasteiger partial charge < -0.3 is 5.32 Å². The smallest absolute Gasteiger partial charge is 0.0756 e. The molecule has 1 aromatic rings. The third kappa shape index (κ3) is 3.11. The maximum Gasteiger partial charge on any atom is 0.0756 e. The van der Waals surface area contributed by atoms with Gasteiger partial charge in [-0.25, -0.2) is 0 Å². The van der Waals surface area contributed by atoms with E-state index in [4.69, 9.17) is 6.42 Å². The van der Waals surface area contributed by atoms with Gasteiger partial charge in [0, 0.05) is 5.92 Å². The normalized spacial score (nSPS) is 14.2. The molecule has 0 saturated carbocycles. The van der Waals surface area contributed by atoms with Crippen molar-refractivity contribution in [2.75, 3.05) is 6.54 Å². The fourth-order valence-corrected chi connectivity index (χ4v) is 1.90. The molecule has 0 aliphatic rings. The minimum Gasteiger partial charge on any atom is -0.303 e. The van der Waals surface area contributed by atoms with E-state index in [2.05, 4.69) is 49.4 Å². The van der Waals surface area contributed by atoms with Crippen molar-refractivity contribution in [2.45, 2.75) is 32.2 Å². The van der Waals surface area contributed by atoms with Crippen LogP contribution in [0.3, 0.4) is 0 Å². The lowest BCUT2D eigenvalue weighted by Gasteiger charge is -2.22. The predicted molar refractivity (Wildman–Crippen MR) is 65.8 cm³/mol. The first-order chi connectivity index (χ1) is 7.33. The molecule has 0 aliphatic carbocycles. The quantitative estimate of drug-likeness (QED) is 0.722. The van der Waals surface area contributed by atoms with Crippen molar-refractivity contribution in [3.63, 3.8) is 0 Å². The molecule has 15 heavy (non-hydrogen) atoms. The molecule has 0 saturated heterocycles. The Hall–Kier alpha value is -1.26. The molecule has 1 rings (SSSR count). The van der Waals surface area contributed by atoms with Crippen LogP contribution in [0.1, 0.15) is 31.7 Å². The van der Waals surface area contributed by atoms with Gasteiger partial charge in [-0.3, -0.25) is 0 Å². The molecule has 0 aliphatic heterocycles. The highest BCUT2D eigenvalue weighted by atomic mass is 14.9. The van der Waals surface area contributed by atoms with Crippen molar-refractivity contribution in [3.05, 3.63) is 35.9 Å². The van der Waals surface area contributed by atoms with Gasteiger partial charge in [-0.15, -0.1) is 6.42 Å². The van der Waals surface area contributed by atoms with E-state index in [0.29, 0.717) is 5.92 Å². The number of rotatable bonds is 5. The second-order valence-corrected chi connectivity index (χ2v) is 3.63. The molecule has 1 aromatic carbocycles. The maximum atomic E-state index is 5.56. The molecule has 80 valence electrons. The van der Waals surface area contributed by atoms with E-state index in [1.54, 1.807) is 0 Å². The molecule has 0 spiro atoms. The molecule has 1 heteroatoms. The Morgan fingerprint density at radius 3 is 2.40 bits per heavy atom. The molecule has 0 radical (unpaired) electrons. The zero-order valence-electron chi connectivity index (χ0n) is 9.53. The molecule has 0 aromatic heterocycles. The van der Waals surface area contributed by atoms with Crippen LogP contribution in [0.4, 0.5) is 0 Å². The minimum atomic E-state index is 0.141. The molecule has 0 bridgehead atoms. The molecule has 0 amide bonds. The Morgan fingerprint density at radius 1 is 1.27 bits per heavy atom. The zero-order valence-corrected chi connectivity index (χ0v) is 9.53. The lowest BCUT2D eigenvalue weighted by Crippen LogP contribution is -2.33. The van der Waals surface area contributed by atoms with E-state index in [0.717, 1.165) is 13.0 Å². The second-order valence-electron chi connectivity index (χ2n) is 3.63. The standard InChI is InChI=1S/C14H19N/c1-4-13(14(5-2)15-6-3)12-10-8-7-9-11-12/h2,7-11,13-15H,4,6H2,1,3H3. The lowest BCUT2D eigenvalue weighted by molar-refractivity contribution is 0.510. The summed E-state index contributed by atoms with van der Waals surface area (Å²) in [6.45, 7) is 5.18. The van der Waals surface area contributed by atoms with Gasteiger partial charge in [0.2, 0.25) is 0 Å². The first-order valence-electron chi connectivity index (χ1n) is 5.57. The number of likely N-dealkylation sites (N-methyl/N-ethyl adjacent to an activating group) is 1. The van der Waals surface area contributed by atoms with E-state index < -0.39 is 0 Å². The zero-order chi connectivity index (χ0) is 11.1. The lowest BCUT2D eigenvalue weighted by atomic mass is 9.89. The first kappa shape index (κ1) is 11.8. The van der Waals surface area contributed by atoms with Crippen LogP contribution in [0.5, 0.6) is 0 Å². The summed E-state index contributed by atoms with van der Waals surface area (Å²) in [7, 11) is 0. The highest BCUT2D eigenvalue weighted by Crippen LogP contribution is 2.22. The van der Waals surface area contributed by atoms with Crippen LogP contribution in [-0.4, -0.2) is 12.6 Å². The highest BCUT2D eigenvalue weighted by Gasteiger charge is 2.18. The van der Waals surface area contributed by atoms with E-state index in [-0.39, 0.29) is 6.04 Å². The van der Waals surface area contributed by atoms with Crippen LogP contribution < -0.4 is 5.32 Å². The fraction of sp³-hybridized carbons (Fsp3) is 0.429. The highest BCUT2D eigenvalue weighted by molar-refractivity contribution is 5.24. The van der Waals surface area contributed by atoms with Crippen LogP contribution >= 0.6 is 0 Å². The van der Waals surface area contributed by atoms with Gasteiger partial charge in [-0.2, -0.15) is 0 Å². The average molecular weight is 201 g/mol. The summed E-state index contributed by atoms with van der Waals surface area (Å²) >= 11 is 0. The molecular formula is C14H19N. The second kappa shape index (κ2) is 6.27. The summed E-state index contributed by atoms with van der Waals surface area (Å²) in [5.41, 5.74) is 1.32. The summed E-state index contributed by atoms with van der Waals surface area (Å²) < 4.78 is 0. The fourth-order valence-electron chi connectivity index (χ4n) is 1.90. The van der Waals surface area contributed by atoms with E-state index >= 15 is 0 Å². The van der Waals surface area contributed by atoms with Gasteiger partial charge >= 0.3 is 0 Å². The van der Waals surface area contributed by atoms with Gasteiger partial charge in [0.25, 0.3) is 0 Å². The monoisotopic (exact) mass is 201 g/mol. The van der Waals surface area contributed by atoms with Crippen LogP contribution in [-0.2, 0) is 0 Å². The van der Waals surface area contributed by atoms with E-state index in [1.807, 2.05) is 6.07 Å². The number of nitrogens with one attached hydrogen (secondary N) is 1. The number of hydrogen-bond acceptors (Lipinski definition) is 1. The van der Waals surface area contributed by atoms with Gasteiger partial charge in [0.1, 0.15) is 0 Å². The van der Waals surface area contributed by atoms with Crippen molar-refractivity contribution in [1.82, 2.24) is 5.32 Å². The SMILES string of the molecule is C#CC(NCC)C(CC)c1ccccc1. The third-order valence-electron chi connectivity index (χ3n) is 2.67. The summed E-state index contributed by atoms with van der Waals surface area (Å²) in [5.74, 6) is 3.25. The topological polar surface area (TPSA) is 12.0 Å². The number of terminal acetylenes is 1. The number of benzene rings is 1. The summed E-state index contributed by atoms with van der Waals surface area (Å²) in [6, 6.07) is 10.6. The van der Waals surface area contributed by atoms with Crippen molar-refractivity contribution in [1.29, 1.82) is 0 Å². The van der Waals surface area contributed by atoms with Crippen molar-refractivity contribution >= 4 is 0 Å². The van der Waals surface area contributed by atoms with Gasteiger partial charge in [0.05, 0.1) is 6.04 Å². The van der Waals surface area contributed by atoms with Crippen LogP contribution in [0, 0.1) is 12.3 Å².